The Labute approximate surface area is 91.8 Å². The highest BCUT2D eigenvalue weighted by atomic mass is 35.5. The van der Waals surface area contributed by atoms with Gasteiger partial charge in [-0.2, -0.15) is 0 Å². The Hall–Kier alpha value is -0.570. The average molecular weight is 216 g/mol. The van der Waals surface area contributed by atoms with E-state index in [0.29, 0.717) is 6.61 Å². The van der Waals surface area contributed by atoms with Crippen LogP contribution in [-0.4, -0.2) is 6.61 Å². The van der Waals surface area contributed by atoms with Gasteiger partial charge in [-0.05, 0) is 24.8 Å². The molecule has 0 saturated carbocycles. The van der Waals surface area contributed by atoms with Gasteiger partial charge in [0.25, 0.3) is 0 Å². The lowest BCUT2D eigenvalue weighted by Crippen LogP contribution is -2.00. The molecule has 0 aliphatic heterocycles. The van der Waals surface area contributed by atoms with Gasteiger partial charge in [0, 0.05) is 0 Å². The Morgan fingerprint density at radius 2 is 1.71 bits per heavy atom. The molecule has 0 amide bonds. The summed E-state index contributed by atoms with van der Waals surface area (Å²) in [4.78, 5) is 4.49. The summed E-state index contributed by atoms with van der Waals surface area (Å²) in [5, 5.41) is 0. The van der Waals surface area contributed by atoms with E-state index in [1.54, 1.807) is 0 Å². The van der Waals surface area contributed by atoms with Crippen molar-refractivity contribution in [3.8, 4) is 0 Å². The number of hydrogen-bond acceptors (Lipinski definition) is 2. The maximum absolute atomic E-state index is 4.92. The van der Waals surface area contributed by atoms with Crippen LogP contribution in [0.5, 0.6) is 0 Å². The molecular formula is C11H18ClNO. The Morgan fingerprint density at radius 3 is 2.36 bits per heavy atom. The number of rotatable bonds is 6. The quantitative estimate of drug-likeness (QED) is 0.585. The predicted octanol–water partition coefficient (Wildman–Crippen LogP) is 2.71. The first-order chi connectivity index (χ1) is 6.43. The Kier molecular flexibility index (Phi) is 8.64. The highest BCUT2D eigenvalue weighted by Crippen LogP contribution is 2.05. The minimum Gasteiger partial charge on any atom is -0.305 e. The van der Waals surface area contributed by atoms with Crippen LogP contribution in [0.4, 0.5) is 0 Å². The molecule has 0 aliphatic rings. The molecule has 0 bridgehead atoms. The van der Waals surface area contributed by atoms with Crippen molar-refractivity contribution in [1.29, 1.82) is 0 Å². The summed E-state index contributed by atoms with van der Waals surface area (Å²) in [5.41, 5.74) is 1.41. The molecule has 0 spiro atoms. The zero-order valence-electron chi connectivity index (χ0n) is 8.32. The number of unbranched alkanes of at least 4 members (excludes halogenated alkanes) is 2. The molecule has 0 saturated heterocycles. The third-order valence-corrected chi connectivity index (χ3v) is 2.07. The third kappa shape index (κ3) is 5.97. The van der Waals surface area contributed by atoms with E-state index in [1.807, 2.05) is 6.07 Å². The van der Waals surface area contributed by atoms with Crippen LogP contribution in [0.1, 0.15) is 24.8 Å². The number of nitrogens with two attached hydrogens (primary N) is 1. The maximum Gasteiger partial charge on any atom is 0.0679 e. The second-order valence-electron chi connectivity index (χ2n) is 3.17. The van der Waals surface area contributed by atoms with Crippen LogP contribution in [0.3, 0.4) is 0 Å². The SMILES string of the molecule is Cl.NOCCCCCc1ccccc1. The van der Waals surface area contributed by atoms with Gasteiger partial charge in [0.15, 0.2) is 0 Å². The minimum atomic E-state index is 0. The number of halogens is 1. The summed E-state index contributed by atoms with van der Waals surface area (Å²) in [6.07, 6.45) is 4.62. The van der Waals surface area contributed by atoms with Crippen molar-refractivity contribution in [2.45, 2.75) is 25.7 Å². The largest absolute Gasteiger partial charge is 0.305 e. The van der Waals surface area contributed by atoms with Gasteiger partial charge in [0.1, 0.15) is 0 Å². The van der Waals surface area contributed by atoms with Crippen LogP contribution in [0.2, 0.25) is 0 Å². The van der Waals surface area contributed by atoms with E-state index in [4.69, 9.17) is 5.90 Å². The maximum atomic E-state index is 4.92. The van der Waals surface area contributed by atoms with Gasteiger partial charge in [-0.1, -0.05) is 36.8 Å². The predicted molar refractivity (Wildman–Crippen MR) is 61.4 cm³/mol. The van der Waals surface area contributed by atoms with E-state index in [1.165, 1.54) is 18.4 Å². The first-order valence-electron chi connectivity index (χ1n) is 4.79. The van der Waals surface area contributed by atoms with Crippen molar-refractivity contribution in [1.82, 2.24) is 0 Å². The molecule has 0 heterocycles. The lowest BCUT2D eigenvalue weighted by molar-refractivity contribution is 0.133. The monoisotopic (exact) mass is 215 g/mol. The standard InChI is InChI=1S/C11H17NO.ClH/c12-13-10-6-2-5-9-11-7-3-1-4-8-11;/h1,3-4,7-8H,2,5-6,9-10,12H2;1H. The van der Waals surface area contributed by atoms with Crippen LogP contribution in [0, 0.1) is 0 Å². The molecule has 1 aromatic carbocycles. The summed E-state index contributed by atoms with van der Waals surface area (Å²) in [5.74, 6) is 4.92. The van der Waals surface area contributed by atoms with Crippen molar-refractivity contribution in [2.75, 3.05) is 6.61 Å². The van der Waals surface area contributed by atoms with Gasteiger partial charge in [-0.15, -0.1) is 12.4 Å². The van der Waals surface area contributed by atoms with Crippen LogP contribution in [0.15, 0.2) is 30.3 Å². The van der Waals surface area contributed by atoms with E-state index < -0.39 is 0 Å². The molecule has 2 nitrogen and oxygen atoms in total. The lowest BCUT2D eigenvalue weighted by atomic mass is 10.1. The number of hydrogen-bond donors (Lipinski definition) is 1. The fraction of sp³-hybridized carbons (Fsp3) is 0.455. The molecule has 0 unspecified atom stereocenters. The topological polar surface area (TPSA) is 35.2 Å². The molecule has 80 valence electrons. The lowest BCUT2D eigenvalue weighted by Gasteiger charge is -2.00. The molecule has 0 aliphatic carbocycles. The highest BCUT2D eigenvalue weighted by molar-refractivity contribution is 5.85. The molecule has 0 atom stereocenters. The van der Waals surface area contributed by atoms with E-state index in [-0.39, 0.29) is 12.4 Å². The Bertz CT molecular complexity index is 216. The molecule has 3 heteroatoms. The van der Waals surface area contributed by atoms with Crippen LogP contribution in [-0.2, 0) is 11.3 Å². The Morgan fingerprint density at radius 1 is 1.00 bits per heavy atom. The van der Waals surface area contributed by atoms with Crippen molar-refractivity contribution < 1.29 is 4.84 Å². The summed E-state index contributed by atoms with van der Waals surface area (Å²) in [7, 11) is 0. The minimum absolute atomic E-state index is 0. The second-order valence-corrected chi connectivity index (χ2v) is 3.17. The Balaban J connectivity index is 0.00000169. The van der Waals surface area contributed by atoms with Gasteiger partial charge in [-0.25, -0.2) is 5.90 Å². The van der Waals surface area contributed by atoms with Crippen LogP contribution < -0.4 is 5.90 Å². The van der Waals surface area contributed by atoms with Gasteiger partial charge in [0.2, 0.25) is 0 Å². The summed E-state index contributed by atoms with van der Waals surface area (Å²) >= 11 is 0. The molecule has 14 heavy (non-hydrogen) atoms. The van der Waals surface area contributed by atoms with Crippen molar-refractivity contribution in [3.63, 3.8) is 0 Å². The smallest absolute Gasteiger partial charge is 0.0679 e. The third-order valence-electron chi connectivity index (χ3n) is 2.07. The first-order valence-corrected chi connectivity index (χ1v) is 4.79. The molecule has 2 N–H and O–H groups in total. The van der Waals surface area contributed by atoms with E-state index in [9.17, 15) is 0 Å². The average Bonchev–Trinajstić information content (AvgIpc) is 2.19. The summed E-state index contributed by atoms with van der Waals surface area (Å²) < 4.78 is 0. The summed E-state index contributed by atoms with van der Waals surface area (Å²) in [6, 6.07) is 10.5. The van der Waals surface area contributed by atoms with Gasteiger partial charge in [0.05, 0.1) is 6.61 Å². The zero-order valence-corrected chi connectivity index (χ0v) is 9.13. The van der Waals surface area contributed by atoms with Crippen molar-refractivity contribution in [2.24, 2.45) is 5.90 Å². The van der Waals surface area contributed by atoms with Crippen LogP contribution in [0.25, 0.3) is 0 Å². The zero-order chi connectivity index (χ0) is 9.36. The van der Waals surface area contributed by atoms with Gasteiger partial charge < -0.3 is 4.84 Å². The fourth-order valence-electron chi connectivity index (χ4n) is 1.34. The van der Waals surface area contributed by atoms with E-state index >= 15 is 0 Å². The fourth-order valence-corrected chi connectivity index (χ4v) is 1.34. The number of benzene rings is 1. The first kappa shape index (κ1) is 13.4. The van der Waals surface area contributed by atoms with E-state index in [0.717, 1.165) is 12.8 Å². The molecule has 1 aromatic rings. The summed E-state index contributed by atoms with van der Waals surface area (Å²) in [6.45, 7) is 0.675. The van der Waals surface area contributed by atoms with Gasteiger partial charge in [-0.3, -0.25) is 0 Å². The molecule has 0 fully saturated rings. The second kappa shape index (κ2) is 9.00. The molecular weight excluding hydrogens is 198 g/mol. The molecule has 0 radical (unpaired) electrons. The highest BCUT2D eigenvalue weighted by Gasteiger charge is 1.91. The molecule has 1 rings (SSSR count). The number of aryl methyl sites for hydroxylation is 1. The normalized spacial score (nSPS) is 9.50. The van der Waals surface area contributed by atoms with E-state index in [2.05, 4.69) is 29.1 Å². The molecule has 0 aromatic heterocycles. The van der Waals surface area contributed by atoms with Crippen molar-refractivity contribution >= 4 is 12.4 Å². The van der Waals surface area contributed by atoms with Crippen LogP contribution >= 0.6 is 12.4 Å². The van der Waals surface area contributed by atoms with Gasteiger partial charge >= 0.3 is 0 Å². The van der Waals surface area contributed by atoms with Crippen molar-refractivity contribution in [3.05, 3.63) is 35.9 Å².